The van der Waals surface area contributed by atoms with Gasteiger partial charge >= 0.3 is 5.97 Å². The van der Waals surface area contributed by atoms with Gasteiger partial charge in [-0.3, -0.25) is 4.79 Å². The Morgan fingerprint density at radius 2 is 1.74 bits per heavy atom. The fourth-order valence-corrected chi connectivity index (χ4v) is 4.59. The Labute approximate surface area is 114 Å². The molecule has 7 heteroatoms. The summed E-state index contributed by atoms with van der Waals surface area (Å²) in [5, 5.41) is 8.93. The van der Waals surface area contributed by atoms with Crippen LogP contribution in [0.15, 0.2) is 0 Å². The molecule has 19 heavy (non-hydrogen) atoms. The molecule has 110 valence electrons. The van der Waals surface area contributed by atoms with Crippen molar-refractivity contribution >= 4 is 16.2 Å². The molecular formula is C12H22N2O4S. The van der Waals surface area contributed by atoms with Crippen LogP contribution in [-0.4, -0.2) is 54.3 Å². The van der Waals surface area contributed by atoms with Crippen LogP contribution in [0.25, 0.3) is 0 Å². The molecule has 2 aliphatic heterocycles. The first kappa shape index (κ1) is 14.7. The Hall–Kier alpha value is -0.660. The normalized spacial score (nSPS) is 26.6. The van der Waals surface area contributed by atoms with Crippen molar-refractivity contribution < 1.29 is 18.3 Å². The molecule has 0 radical (unpaired) electrons. The van der Waals surface area contributed by atoms with Crippen molar-refractivity contribution in [1.29, 1.82) is 0 Å². The molecular weight excluding hydrogens is 268 g/mol. The standard InChI is InChI=1S/C12H22N2O4S/c1-12(2)5-8-14(9-12)19(17,18)13-6-3-10(4-7-13)11(15)16/h10H,3-9H2,1-2H3,(H,15,16). The molecule has 0 aliphatic carbocycles. The summed E-state index contributed by atoms with van der Waals surface area (Å²) >= 11 is 0. The van der Waals surface area contributed by atoms with E-state index in [1.807, 2.05) is 0 Å². The minimum absolute atomic E-state index is 0.0342. The summed E-state index contributed by atoms with van der Waals surface area (Å²) in [6.07, 6.45) is 1.69. The van der Waals surface area contributed by atoms with Gasteiger partial charge < -0.3 is 5.11 Å². The summed E-state index contributed by atoms with van der Waals surface area (Å²) in [6, 6.07) is 0. The molecule has 0 spiro atoms. The number of hydrogen-bond acceptors (Lipinski definition) is 3. The monoisotopic (exact) mass is 290 g/mol. The first-order valence-corrected chi connectivity index (χ1v) is 8.10. The third-order valence-corrected chi connectivity index (χ3v) is 6.08. The Bertz CT molecular complexity index is 452. The zero-order valence-electron chi connectivity index (χ0n) is 11.5. The second kappa shape index (κ2) is 5.03. The Morgan fingerprint density at radius 3 is 2.16 bits per heavy atom. The molecule has 2 heterocycles. The van der Waals surface area contributed by atoms with Crippen LogP contribution < -0.4 is 0 Å². The third kappa shape index (κ3) is 3.09. The van der Waals surface area contributed by atoms with Gasteiger partial charge in [-0.1, -0.05) is 13.8 Å². The van der Waals surface area contributed by atoms with Crippen LogP contribution in [0.5, 0.6) is 0 Å². The zero-order valence-corrected chi connectivity index (χ0v) is 12.3. The molecule has 6 nitrogen and oxygen atoms in total. The van der Waals surface area contributed by atoms with Gasteiger partial charge in [-0.15, -0.1) is 0 Å². The Kier molecular flexibility index (Phi) is 3.90. The van der Waals surface area contributed by atoms with E-state index in [-0.39, 0.29) is 5.41 Å². The Morgan fingerprint density at radius 1 is 1.16 bits per heavy atom. The van der Waals surface area contributed by atoms with Crippen molar-refractivity contribution in [3.05, 3.63) is 0 Å². The van der Waals surface area contributed by atoms with Crippen molar-refractivity contribution in [3.8, 4) is 0 Å². The van der Waals surface area contributed by atoms with Gasteiger partial charge in [0, 0.05) is 26.2 Å². The molecule has 0 bridgehead atoms. The number of hydrogen-bond donors (Lipinski definition) is 1. The maximum atomic E-state index is 12.5. The van der Waals surface area contributed by atoms with Gasteiger partial charge in [0.15, 0.2) is 0 Å². The van der Waals surface area contributed by atoms with Crippen LogP contribution in [0.1, 0.15) is 33.1 Å². The average Bonchev–Trinajstić information content (AvgIpc) is 2.70. The summed E-state index contributed by atoms with van der Waals surface area (Å²) in [4.78, 5) is 10.9. The maximum Gasteiger partial charge on any atom is 0.306 e. The van der Waals surface area contributed by atoms with E-state index in [9.17, 15) is 13.2 Å². The van der Waals surface area contributed by atoms with E-state index in [1.54, 1.807) is 0 Å². The number of nitrogens with zero attached hydrogens (tertiary/aromatic N) is 2. The van der Waals surface area contributed by atoms with Gasteiger partial charge in [-0.05, 0) is 24.7 Å². The highest BCUT2D eigenvalue weighted by atomic mass is 32.2. The molecule has 2 aliphatic rings. The van der Waals surface area contributed by atoms with Crippen LogP contribution in [0.2, 0.25) is 0 Å². The van der Waals surface area contributed by atoms with E-state index in [0.29, 0.717) is 39.0 Å². The minimum Gasteiger partial charge on any atom is -0.481 e. The number of piperidine rings is 1. The number of carboxylic acids is 1. The second-order valence-corrected chi connectivity index (χ2v) is 8.20. The lowest BCUT2D eigenvalue weighted by Crippen LogP contribution is -2.47. The molecule has 0 saturated carbocycles. The first-order valence-electron chi connectivity index (χ1n) is 6.70. The maximum absolute atomic E-state index is 12.5. The van der Waals surface area contributed by atoms with E-state index in [4.69, 9.17) is 5.11 Å². The summed E-state index contributed by atoms with van der Waals surface area (Å²) in [7, 11) is -3.41. The van der Waals surface area contributed by atoms with E-state index in [0.717, 1.165) is 6.42 Å². The lowest BCUT2D eigenvalue weighted by Gasteiger charge is -2.32. The molecule has 1 N–H and O–H groups in total. The highest BCUT2D eigenvalue weighted by molar-refractivity contribution is 7.86. The smallest absolute Gasteiger partial charge is 0.306 e. The quantitative estimate of drug-likeness (QED) is 0.832. The molecule has 0 amide bonds. The van der Waals surface area contributed by atoms with E-state index >= 15 is 0 Å². The van der Waals surface area contributed by atoms with Gasteiger partial charge in [-0.25, -0.2) is 0 Å². The van der Waals surface area contributed by atoms with Crippen molar-refractivity contribution in [1.82, 2.24) is 8.61 Å². The zero-order chi connectivity index (χ0) is 14.3. The highest BCUT2D eigenvalue weighted by Gasteiger charge is 2.40. The second-order valence-electron chi connectivity index (χ2n) is 6.27. The molecule has 0 unspecified atom stereocenters. The van der Waals surface area contributed by atoms with Crippen molar-refractivity contribution in [3.63, 3.8) is 0 Å². The van der Waals surface area contributed by atoms with Gasteiger partial charge in [-0.2, -0.15) is 17.0 Å². The van der Waals surface area contributed by atoms with Crippen molar-refractivity contribution in [2.24, 2.45) is 11.3 Å². The summed E-state index contributed by atoms with van der Waals surface area (Å²) in [5.41, 5.74) is 0.0342. The SMILES string of the molecule is CC1(C)CCN(S(=O)(=O)N2CCC(C(=O)O)CC2)C1. The van der Waals surface area contributed by atoms with E-state index in [2.05, 4.69) is 13.8 Å². The minimum atomic E-state index is -3.41. The Balaban J connectivity index is 2.00. The van der Waals surface area contributed by atoms with Crippen molar-refractivity contribution in [2.75, 3.05) is 26.2 Å². The summed E-state index contributed by atoms with van der Waals surface area (Å²) < 4.78 is 27.9. The van der Waals surface area contributed by atoms with Crippen LogP contribution in [-0.2, 0) is 15.0 Å². The van der Waals surface area contributed by atoms with Gasteiger partial charge in [0.2, 0.25) is 0 Å². The van der Waals surface area contributed by atoms with Crippen LogP contribution in [0, 0.1) is 11.3 Å². The predicted molar refractivity (Wildman–Crippen MR) is 70.8 cm³/mol. The summed E-state index contributed by atoms with van der Waals surface area (Å²) in [5.74, 6) is -1.22. The van der Waals surface area contributed by atoms with Crippen LogP contribution >= 0.6 is 0 Å². The molecule has 0 aromatic heterocycles. The number of rotatable bonds is 3. The van der Waals surface area contributed by atoms with Crippen LogP contribution in [0.3, 0.4) is 0 Å². The van der Waals surface area contributed by atoms with Crippen molar-refractivity contribution in [2.45, 2.75) is 33.1 Å². The van der Waals surface area contributed by atoms with Gasteiger partial charge in [0.25, 0.3) is 10.2 Å². The molecule has 2 saturated heterocycles. The number of aliphatic carboxylic acids is 1. The molecule has 0 atom stereocenters. The average molecular weight is 290 g/mol. The van der Waals surface area contributed by atoms with E-state index < -0.39 is 22.1 Å². The fourth-order valence-electron chi connectivity index (χ4n) is 2.76. The molecule has 0 aromatic carbocycles. The first-order chi connectivity index (χ1) is 8.72. The fraction of sp³-hybridized carbons (Fsp3) is 0.917. The van der Waals surface area contributed by atoms with Crippen LogP contribution in [0.4, 0.5) is 0 Å². The van der Waals surface area contributed by atoms with Gasteiger partial charge in [0.1, 0.15) is 0 Å². The highest BCUT2D eigenvalue weighted by Crippen LogP contribution is 2.32. The number of carboxylic acid groups (broad SMARTS) is 1. The topological polar surface area (TPSA) is 77.9 Å². The molecule has 2 rings (SSSR count). The van der Waals surface area contributed by atoms with E-state index in [1.165, 1.54) is 8.61 Å². The largest absolute Gasteiger partial charge is 0.481 e. The molecule has 0 aromatic rings. The lowest BCUT2D eigenvalue weighted by molar-refractivity contribution is -0.142. The lowest BCUT2D eigenvalue weighted by atomic mass is 9.93. The van der Waals surface area contributed by atoms with Gasteiger partial charge in [0.05, 0.1) is 5.92 Å². The summed E-state index contributed by atoms with van der Waals surface area (Å²) in [6.45, 7) is 5.88. The third-order valence-electron chi connectivity index (χ3n) is 4.10. The number of carbonyl (C=O) groups is 1. The molecule has 2 fully saturated rings. The predicted octanol–water partition coefficient (Wildman–Crippen LogP) is 0.760.